The van der Waals surface area contributed by atoms with Crippen molar-refractivity contribution in [2.45, 2.75) is 65.3 Å². The number of anilines is 4. The van der Waals surface area contributed by atoms with Gasteiger partial charge in [0.1, 0.15) is 11.6 Å². The molecule has 0 radical (unpaired) electrons. The molecule has 3 aliphatic heterocycles. The predicted molar refractivity (Wildman–Crippen MR) is 159 cm³/mol. The van der Waals surface area contributed by atoms with Crippen molar-refractivity contribution in [1.29, 1.82) is 0 Å². The molecular formula is C29H43N7S. The third kappa shape index (κ3) is 7.03. The molecule has 200 valence electrons. The lowest BCUT2D eigenvalue weighted by Crippen LogP contribution is -2.39. The summed E-state index contributed by atoms with van der Waals surface area (Å²) in [7, 11) is 0. The number of benzene rings is 1. The molecule has 2 atom stereocenters. The van der Waals surface area contributed by atoms with Crippen molar-refractivity contribution in [2.24, 2.45) is 11.8 Å². The van der Waals surface area contributed by atoms with E-state index in [2.05, 4.69) is 69.5 Å². The number of piperidine rings is 1. The average molecular weight is 522 g/mol. The minimum absolute atomic E-state index is 0.558. The molecule has 2 N–H and O–H groups in total. The summed E-state index contributed by atoms with van der Waals surface area (Å²) in [5.41, 5.74) is 2.53. The van der Waals surface area contributed by atoms with E-state index in [0.29, 0.717) is 29.4 Å². The summed E-state index contributed by atoms with van der Waals surface area (Å²) in [5, 5.41) is 7.22. The van der Waals surface area contributed by atoms with Crippen molar-refractivity contribution < 1.29 is 0 Å². The van der Waals surface area contributed by atoms with Crippen LogP contribution in [0.25, 0.3) is 0 Å². The lowest BCUT2D eigenvalue weighted by molar-refractivity contribution is 0.355. The number of nitrogens with one attached hydrogen (secondary N) is 2. The normalized spacial score (nSPS) is 22.6. The van der Waals surface area contributed by atoms with Gasteiger partial charge in [-0.15, -0.1) is 0 Å². The van der Waals surface area contributed by atoms with Gasteiger partial charge in [0.2, 0.25) is 5.95 Å². The van der Waals surface area contributed by atoms with Crippen LogP contribution in [-0.2, 0) is 6.54 Å². The van der Waals surface area contributed by atoms with Gasteiger partial charge in [-0.25, -0.2) is 0 Å². The summed E-state index contributed by atoms with van der Waals surface area (Å²) in [4.78, 5) is 17.2. The van der Waals surface area contributed by atoms with Gasteiger partial charge in [0, 0.05) is 57.6 Å². The first-order chi connectivity index (χ1) is 18.0. The van der Waals surface area contributed by atoms with Crippen LogP contribution < -0.4 is 25.3 Å². The predicted octanol–water partition coefficient (Wildman–Crippen LogP) is 5.43. The van der Waals surface area contributed by atoms with E-state index in [9.17, 15) is 0 Å². The van der Waals surface area contributed by atoms with Gasteiger partial charge in [-0.05, 0) is 73.9 Å². The van der Waals surface area contributed by atoms with Crippen LogP contribution >= 0.6 is 12.2 Å². The van der Waals surface area contributed by atoms with Crippen LogP contribution in [0.3, 0.4) is 0 Å². The molecule has 0 bridgehead atoms. The zero-order valence-corrected chi connectivity index (χ0v) is 23.4. The Hall–Kier alpha value is -2.61. The SMILES string of the molecule is CC1CC(C)CN(c2cc(N3CCCCCC3)nc(NC(=S)NCc3ccc(N4CCCC4)cc3)n2)C1. The maximum absolute atomic E-state index is 5.67. The summed E-state index contributed by atoms with van der Waals surface area (Å²) in [6, 6.07) is 11.0. The van der Waals surface area contributed by atoms with Crippen LogP contribution in [0.1, 0.15) is 64.4 Å². The molecule has 37 heavy (non-hydrogen) atoms. The van der Waals surface area contributed by atoms with Gasteiger partial charge in [0.25, 0.3) is 0 Å². The van der Waals surface area contributed by atoms with Crippen LogP contribution in [0.15, 0.2) is 30.3 Å². The van der Waals surface area contributed by atoms with E-state index in [0.717, 1.165) is 37.8 Å². The Bertz CT molecular complexity index is 1020. The highest BCUT2D eigenvalue weighted by Gasteiger charge is 2.25. The summed E-state index contributed by atoms with van der Waals surface area (Å²) >= 11 is 5.67. The Morgan fingerprint density at radius 3 is 2.03 bits per heavy atom. The van der Waals surface area contributed by atoms with Gasteiger partial charge in [0.15, 0.2) is 5.11 Å². The number of thiocarbonyl (C=S) groups is 1. The van der Waals surface area contributed by atoms with Crippen LogP contribution in [-0.4, -0.2) is 54.3 Å². The third-order valence-corrected chi connectivity index (χ3v) is 8.15. The Morgan fingerprint density at radius 1 is 0.811 bits per heavy atom. The van der Waals surface area contributed by atoms with Crippen LogP contribution in [0.4, 0.5) is 23.3 Å². The number of nitrogens with zero attached hydrogens (tertiary/aromatic N) is 5. The average Bonchev–Trinajstić information content (AvgIpc) is 3.29. The minimum Gasteiger partial charge on any atom is -0.372 e. The van der Waals surface area contributed by atoms with Crippen molar-refractivity contribution in [3.8, 4) is 0 Å². The summed E-state index contributed by atoms with van der Waals surface area (Å²) in [5.74, 6) is 3.94. The van der Waals surface area contributed by atoms with Crippen LogP contribution in [0.2, 0.25) is 0 Å². The Kier molecular flexibility index (Phi) is 8.64. The number of hydrogen-bond donors (Lipinski definition) is 2. The van der Waals surface area contributed by atoms with Gasteiger partial charge in [0.05, 0.1) is 0 Å². The highest BCUT2D eigenvalue weighted by atomic mass is 32.1. The smallest absolute Gasteiger partial charge is 0.232 e. The minimum atomic E-state index is 0.558. The second-order valence-corrected chi connectivity index (χ2v) is 11.7. The molecule has 8 heteroatoms. The lowest BCUT2D eigenvalue weighted by Gasteiger charge is -2.36. The first-order valence-corrected chi connectivity index (χ1v) is 14.7. The Balaban J connectivity index is 1.27. The maximum atomic E-state index is 5.67. The molecule has 5 rings (SSSR count). The van der Waals surface area contributed by atoms with E-state index in [1.165, 1.54) is 69.3 Å². The van der Waals surface area contributed by atoms with Crippen LogP contribution in [0, 0.1) is 11.8 Å². The number of rotatable bonds is 6. The lowest BCUT2D eigenvalue weighted by atomic mass is 9.92. The van der Waals surface area contributed by atoms with E-state index in [1.807, 2.05) is 0 Å². The van der Waals surface area contributed by atoms with Crippen molar-refractivity contribution in [3.63, 3.8) is 0 Å². The maximum Gasteiger partial charge on any atom is 0.232 e. The first kappa shape index (κ1) is 26.0. The highest BCUT2D eigenvalue weighted by molar-refractivity contribution is 7.80. The Labute approximate surface area is 228 Å². The quantitative estimate of drug-likeness (QED) is 0.489. The fourth-order valence-corrected chi connectivity index (χ4v) is 6.24. The Morgan fingerprint density at radius 2 is 1.38 bits per heavy atom. The van der Waals surface area contributed by atoms with Crippen molar-refractivity contribution in [3.05, 3.63) is 35.9 Å². The molecule has 0 aliphatic carbocycles. The monoisotopic (exact) mass is 521 g/mol. The van der Waals surface area contributed by atoms with E-state index >= 15 is 0 Å². The summed E-state index contributed by atoms with van der Waals surface area (Å²) in [6.07, 6.45) is 8.90. The van der Waals surface area contributed by atoms with Crippen LogP contribution in [0.5, 0.6) is 0 Å². The van der Waals surface area contributed by atoms with E-state index in [1.54, 1.807) is 0 Å². The standard InChI is InChI=1S/C29H43N7S/c1-22-17-23(2)21-36(20-22)27-18-26(35-15-5-3-4-6-16-35)31-28(32-27)33-29(37)30-19-24-9-11-25(12-10-24)34-13-7-8-14-34/h9-12,18,22-23H,3-8,13-17,19-21H2,1-2H3,(H2,30,31,32,33,37). The van der Waals surface area contributed by atoms with E-state index < -0.39 is 0 Å². The second-order valence-electron chi connectivity index (χ2n) is 11.3. The van der Waals surface area contributed by atoms with Gasteiger partial charge in [-0.3, -0.25) is 0 Å². The molecule has 3 fully saturated rings. The third-order valence-electron chi connectivity index (χ3n) is 7.91. The molecule has 1 aromatic carbocycles. The van der Waals surface area contributed by atoms with Gasteiger partial charge < -0.3 is 25.3 Å². The molecule has 3 saturated heterocycles. The largest absolute Gasteiger partial charge is 0.372 e. The molecule has 1 aromatic heterocycles. The van der Waals surface area contributed by atoms with E-state index in [-0.39, 0.29) is 0 Å². The zero-order valence-electron chi connectivity index (χ0n) is 22.6. The highest BCUT2D eigenvalue weighted by Crippen LogP contribution is 2.29. The fourth-order valence-electron chi connectivity index (χ4n) is 6.08. The van der Waals surface area contributed by atoms with Gasteiger partial charge >= 0.3 is 0 Å². The molecule has 4 heterocycles. The van der Waals surface area contributed by atoms with Crippen molar-refractivity contribution >= 4 is 40.6 Å². The van der Waals surface area contributed by atoms with E-state index in [4.69, 9.17) is 22.2 Å². The van der Waals surface area contributed by atoms with Gasteiger partial charge in [-0.1, -0.05) is 38.8 Å². The molecular weight excluding hydrogens is 478 g/mol. The van der Waals surface area contributed by atoms with Gasteiger partial charge in [-0.2, -0.15) is 9.97 Å². The summed E-state index contributed by atoms with van der Waals surface area (Å²) < 4.78 is 0. The van der Waals surface area contributed by atoms with Crippen molar-refractivity contribution in [2.75, 3.05) is 59.3 Å². The first-order valence-electron chi connectivity index (χ1n) is 14.3. The molecule has 0 amide bonds. The fraction of sp³-hybridized carbons (Fsp3) is 0.621. The molecule has 7 nitrogen and oxygen atoms in total. The molecule has 0 saturated carbocycles. The second kappa shape index (κ2) is 12.3. The molecule has 2 unspecified atom stereocenters. The zero-order chi connectivity index (χ0) is 25.6. The molecule has 3 aliphatic rings. The van der Waals surface area contributed by atoms with Crippen molar-refractivity contribution in [1.82, 2.24) is 15.3 Å². The molecule has 0 spiro atoms. The summed E-state index contributed by atoms with van der Waals surface area (Å²) in [6.45, 7) is 11.9. The topological polar surface area (TPSA) is 59.6 Å². The number of aromatic nitrogens is 2. The molecule has 2 aromatic rings. The number of hydrogen-bond acceptors (Lipinski definition) is 6.